The second-order valence-electron chi connectivity index (χ2n) is 6.26. The van der Waals surface area contributed by atoms with Crippen LogP contribution >= 0.6 is 0 Å². The number of hydrogen-bond donors (Lipinski definition) is 1. The number of benzene rings is 2. The Morgan fingerprint density at radius 3 is 1.71 bits per heavy atom. The topological polar surface area (TPSA) is 38.7 Å². The maximum absolute atomic E-state index is 13.9. The highest BCUT2D eigenvalue weighted by molar-refractivity contribution is 5.14. The van der Waals surface area contributed by atoms with E-state index in [4.69, 9.17) is 9.47 Å². The lowest BCUT2D eigenvalue weighted by Crippen LogP contribution is -2.56. The average molecular weight is 330 g/mol. The van der Waals surface area contributed by atoms with E-state index in [-0.39, 0.29) is 11.8 Å². The van der Waals surface area contributed by atoms with E-state index in [1.165, 1.54) is 0 Å². The van der Waals surface area contributed by atoms with Crippen molar-refractivity contribution < 1.29 is 19.0 Å². The smallest absolute Gasteiger partial charge is 0.132 e. The summed E-state index contributed by atoms with van der Waals surface area (Å²) in [7, 11) is 0. The van der Waals surface area contributed by atoms with Gasteiger partial charge in [-0.05, 0) is 11.1 Å². The van der Waals surface area contributed by atoms with E-state index in [0.717, 1.165) is 11.1 Å². The van der Waals surface area contributed by atoms with Crippen molar-refractivity contribution in [2.24, 2.45) is 11.8 Å². The van der Waals surface area contributed by atoms with Gasteiger partial charge in [0.25, 0.3) is 0 Å². The molecule has 0 saturated heterocycles. The highest BCUT2D eigenvalue weighted by atomic mass is 19.1. The third-order valence-electron chi connectivity index (χ3n) is 4.57. The molecule has 4 heteroatoms. The first-order chi connectivity index (χ1) is 11.8. The summed E-state index contributed by atoms with van der Waals surface area (Å²) in [4.78, 5) is 0. The van der Waals surface area contributed by atoms with Gasteiger partial charge in [-0.2, -0.15) is 0 Å². The molecule has 128 valence electrons. The zero-order valence-corrected chi connectivity index (χ0v) is 13.6. The fraction of sp³-hybridized carbons (Fsp3) is 0.400. The van der Waals surface area contributed by atoms with Gasteiger partial charge < -0.3 is 14.6 Å². The lowest BCUT2D eigenvalue weighted by Gasteiger charge is -2.44. The van der Waals surface area contributed by atoms with Gasteiger partial charge in [-0.1, -0.05) is 60.7 Å². The van der Waals surface area contributed by atoms with E-state index in [1.54, 1.807) is 0 Å². The van der Waals surface area contributed by atoms with Gasteiger partial charge in [0.1, 0.15) is 6.17 Å². The minimum absolute atomic E-state index is 0.209. The molecule has 0 radical (unpaired) electrons. The Morgan fingerprint density at radius 1 is 0.750 bits per heavy atom. The zero-order chi connectivity index (χ0) is 16.8. The molecule has 1 aliphatic rings. The standard InChI is InChI=1S/C20H23FO3/c21-19-17(13-23-11-15-7-3-1-4-8-15)18(20(19)22)14-24-12-16-9-5-2-6-10-16/h1-10,17-20,22H,11-14H2/t17-,18-,19-,20+/m1/s1. The molecule has 3 nitrogen and oxygen atoms in total. The fourth-order valence-electron chi connectivity index (χ4n) is 3.05. The SMILES string of the molecule is O[C@@H]1[C@H](F)[C@H](COCc2ccccc2)[C@H]1COCc1ccccc1. The molecule has 0 bridgehead atoms. The van der Waals surface area contributed by atoms with Crippen molar-refractivity contribution in [3.63, 3.8) is 0 Å². The zero-order valence-electron chi connectivity index (χ0n) is 13.6. The third kappa shape index (κ3) is 4.20. The number of alkyl halides is 1. The van der Waals surface area contributed by atoms with Crippen LogP contribution in [0.2, 0.25) is 0 Å². The van der Waals surface area contributed by atoms with Crippen LogP contribution in [0.3, 0.4) is 0 Å². The maximum atomic E-state index is 13.9. The summed E-state index contributed by atoms with van der Waals surface area (Å²) in [5.74, 6) is -0.515. The predicted molar refractivity (Wildman–Crippen MR) is 90.1 cm³/mol. The second-order valence-corrected chi connectivity index (χ2v) is 6.26. The van der Waals surface area contributed by atoms with Gasteiger partial charge in [0.2, 0.25) is 0 Å². The van der Waals surface area contributed by atoms with E-state index in [1.807, 2.05) is 60.7 Å². The molecule has 0 spiro atoms. The molecule has 3 rings (SSSR count). The Balaban J connectivity index is 1.42. The highest BCUT2D eigenvalue weighted by Gasteiger charge is 2.50. The van der Waals surface area contributed by atoms with Crippen molar-refractivity contribution >= 4 is 0 Å². The first-order valence-corrected chi connectivity index (χ1v) is 8.31. The summed E-state index contributed by atoms with van der Waals surface area (Å²) in [5.41, 5.74) is 2.13. The van der Waals surface area contributed by atoms with Crippen molar-refractivity contribution in [3.8, 4) is 0 Å². The van der Waals surface area contributed by atoms with Crippen molar-refractivity contribution in [1.29, 1.82) is 0 Å². The van der Waals surface area contributed by atoms with Crippen molar-refractivity contribution in [1.82, 2.24) is 0 Å². The predicted octanol–water partition coefficient (Wildman–Crippen LogP) is 3.37. The molecule has 0 aliphatic heterocycles. The fourth-order valence-corrected chi connectivity index (χ4v) is 3.05. The number of hydrogen-bond acceptors (Lipinski definition) is 3. The number of halogens is 1. The van der Waals surface area contributed by atoms with Gasteiger partial charge in [-0.25, -0.2) is 4.39 Å². The molecule has 1 saturated carbocycles. The summed E-state index contributed by atoms with van der Waals surface area (Å²) in [6.07, 6.45) is -2.18. The summed E-state index contributed by atoms with van der Waals surface area (Å²) >= 11 is 0. The quantitative estimate of drug-likeness (QED) is 0.806. The van der Waals surface area contributed by atoms with E-state index in [9.17, 15) is 9.50 Å². The van der Waals surface area contributed by atoms with Gasteiger partial charge in [0.05, 0.1) is 32.5 Å². The normalized spacial score (nSPS) is 26.1. The van der Waals surface area contributed by atoms with Crippen LogP contribution in [0.5, 0.6) is 0 Å². The minimum atomic E-state index is -1.23. The Morgan fingerprint density at radius 2 is 1.21 bits per heavy atom. The molecule has 1 fully saturated rings. The molecule has 0 aromatic heterocycles. The van der Waals surface area contributed by atoms with E-state index in [0.29, 0.717) is 26.4 Å². The Hall–Kier alpha value is -1.75. The summed E-state index contributed by atoms with van der Waals surface area (Å²) in [6, 6.07) is 19.6. The van der Waals surface area contributed by atoms with Crippen molar-refractivity contribution in [3.05, 3.63) is 71.8 Å². The Bertz CT molecular complexity index is 549. The van der Waals surface area contributed by atoms with Crippen molar-refractivity contribution in [2.45, 2.75) is 25.5 Å². The minimum Gasteiger partial charge on any atom is -0.390 e. The van der Waals surface area contributed by atoms with Crippen LogP contribution in [0.4, 0.5) is 4.39 Å². The number of aliphatic hydroxyl groups is 1. The summed E-state index contributed by atoms with van der Waals surface area (Å²) in [6.45, 7) is 1.57. The van der Waals surface area contributed by atoms with Gasteiger partial charge in [0, 0.05) is 11.8 Å². The van der Waals surface area contributed by atoms with Crippen LogP contribution in [0.15, 0.2) is 60.7 Å². The molecular formula is C20H23FO3. The molecule has 2 aromatic carbocycles. The molecule has 1 N–H and O–H groups in total. The highest BCUT2D eigenvalue weighted by Crippen LogP contribution is 2.38. The van der Waals surface area contributed by atoms with Crippen LogP contribution in [-0.2, 0) is 22.7 Å². The van der Waals surface area contributed by atoms with Gasteiger partial charge >= 0.3 is 0 Å². The summed E-state index contributed by atoms with van der Waals surface area (Å²) in [5, 5.41) is 9.85. The Kier molecular flexibility index (Phi) is 5.96. The van der Waals surface area contributed by atoms with Crippen LogP contribution < -0.4 is 0 Å². The molecule has 2 aromatic rings. The monoisotopic (exact) mass is 330 g/mol. The molecule has 0 heterocycles. The second kappa shape index (κ2) is 8.38. The van der Waals surface area contributed by atoms with Crippen LogP contribution in [0, 0.1) is 11.8 Å². The van der Waals surface area contributed by atoms with E-state index in [2.05, 4.69) is 0 Å². The average Bonchev–Trinajstić information content (AvgIpc) is 2.64. The summed E-state index contributed by atoms with van der Waals surface area (Å²) < 4.78 is 25.2. The third-order valence-corrected chi connectivity index (χ3v) is 4.57. The number of ether oxygens (including phenoxy) is 2. The van der Waals surface area contributed by atoms with Gasteiger partial charge in [-0.15, -0.1) is 0 Å². The van der Waals surface area contributed by atoms with Crippen molar-refractivity contribution in [2.75, 3.05) is 13.2 Å². The van der Waals surface area contributed by atoms with Gasteiger partial charge in [0.15, 0.2) is 0 Å². The van der Waals surface area contributed by atoms with E-state index < -0.39 is 12.3 Å². The van der Waals surface area contributed by atoms with Crippen LogP contribution in [-0.4, -0.2) is 30.6 Å². The van der Waals surface area contributed by atoms with Gasteiger partial charge in [-0.3, -0.25) is 0 Å². The molecular weight excluding hydrogens is 307 g/mol. The lowest BCUT2D eigenvalue weighted by molar-refractivity contribution is -0.163. The Labute approximate surface area is 142 Å². The number of rotatable bonds is 8. The van der Waals surface area contributed by atoms with Crippen LogP contribution in [0.1, 0.15) is 11.1 Å². The molecule has 0 amide bonds. The molecule has 24 heavy (non-hydrogen) atoms. The largest absolute Gasteiger partial charge is 0.390 e. The number of aliphatic hydroxyl groups excluding tert-OH is 1. The first-order valence-electron chi connectivity index (χ1n) is 8.31. The first kappa shape index (κ1) is 17.1. The molecule has 4 atom stereocenters. The maximum Gasteiger partial charge on any atom is 0.132 e. The molecule has 0 unspecified atom stereocenters. The van der Waals surface area contributed by atoms with Crippen LogP contribution in [0.25, 0.3) is 0 Å². The lowest BCUT2D eigenvalue weighted by atomic mass is 9.70. The van der Waals surface area contributed by atoms with E-state index >= 15 is 0 Å². The molecule has 1 aliphatic carbocycles.